The first-order valence-electron chi connectivity index (χ1n) is 20.9. The van der Waals surface area contributed by atoms with Gasteiger partial charge in [-0.15, -0.1) is 0 Å². The molecule has 0 fully saturated rings. The van der Waals surface area contributed by atoms with Crippen LogP contribution in [-0.4, -0.2) is 15.0 Å². The first kappa shape index (κ1) is 37.2. The fourth-order valence-corrected chi connectivity index (χ4v) is 9.38. The zero-order chi connectivity index (χ0) is 42.3. The van der Waals surface area contributed by atoms with Crippen molar-refractivity contribution in [2.45, 2.75) is 5.41 Å². The molecule has 0 N–H and O–H groups in total. The Morgan fingerprint density at radius 1 is 0.333 bits per heavy atom. The molecule has 292 valence electrons. The summed E-state index contributed by atoms with van der Waals surface area (Å²) in [6.07, 6.45) is 0. The van der Waals surface area contributed by atoms with Crippen LogP contribution in [0.25, 0.3) is 78.3 Å². The van der Waals surface area contributed by atoms with Crippen LogP contribution in [0.15, 0.2) is 212 Å². The molecule has 1 aromatic heterocycles. The summed E-state index contributed by atoms with van der Waals surface area (Å²) < 4.78 is 0. The first-order valence-corrected chi connectivity index (χ1v) is 20.9. The second kappa shape index (κ2) is 15.4. The van der Waals surface area contributed by atoms with Gasteiger partial charge < -0.3 is 0 Å². The zero-order valence-electron chi connectivity index (χ0n) is 33.9. The predicted octanol–water partition coefficient (Wildman–Crippen LogP) is 13.5. The van der Waals surface area contributed by atoms with Crippen LogP contribution >= 0.6 is 0 Å². The Morgan fingerprint density at radius 2 is 0.810 bits per heavy atom. The van der Waals surface area contributed by atoms with Crippen molar-refractivity contribution in [2.75, 3.05) is 0 Å². The van der Waals surface area contributed by atoms with E-state index in [1.165, 1.54) is 5.56 Å². The van der Waals surface area contributed by atoms with E-state index in [-0.39, 0.29) is 0 Å². The molecule has 9 aromatic carbocycles. The van der Waals surface area contributed by atoms with E-state index in [1.807, 2.05) is 109 Å². The van der Waals surface area contributed by atoms with Crippen molar-refractivity contribution in [1.29, 1.82) is 10.5 Å². The molecule has 0 saturated heterocycles. The van der Waals surface area contributed by atoms with Crippen molar-refractivity contribution >= 4 is 10.8 Å². The molecule has 0 bridgehead atoms. The minimum atomic E-state index is -0.812. The summed E-state index contributed by atoms with van der Waals surface area (Å²) in [5, 5.41) is 21.6. The van der Waals surface area contributed by atoms with Gasteiger partial charge in [0.15, 0.2) is 17.5 Å². The van der Waals surface area contributed by atoms with Gasteiger partial charge in [-0.2, -0.15) is 10.5 Å². The minimum absolute atomic E-state index is 0.587. The lowest BCUT2D eigenvalue weighted by Crippen LogP contribution is -2.29. The molecule has 0 aliphatic heterocycles. The van der Waals surface area contributed by atoms with Crippen LogP contribution in [-0.2, 0) is 5.41 Å². The van der Waals surface area contributed by atoms with E-state index in [9.17, 15) is 10.5 Å². The van der Waals surface area contributed by atoms with Gasteiger partial charge in [0, 0.05) is 16.7 Å². The molecule has 0 saturated carbocycles. The highest BCUT2D eigenvalue weighted by Crippen LogP contribution is 2.59. The average molecular weight is 802 g/mol. The number of hydrogen-bond donors (Lipinski definition) is 0. The van der Waals surface area contributed by atoms with Gasteiger partial charge in [-0.1, -0.05) is 164 Å². The van der Waals surface area contributed by atoms with Crippen molar-refractivity contribution in [3.05, 3.63) is 246 Å². The van der Waals surface area contributed by atoms with E-state index < -0.39 is 5.41 Å². The molecule has 0 spiro atoms. The number of aromatic nitrogens is 3. The highest BCUT2D eigenvalue weighted by atomic mass is 15.0. The maximum absolute atomic E-state index is 9.71. The monoisotopic (exact) mass is 801 g/mol. The maximum atomic E-state index is 9.71. The third kappa shape index (κ3) is 6.27. The Morgan fingerprint density at radius 3 is 1.37 bits per heavy atom. The first-order chi connectivity index (χ1) is 31.1. The second-order valence-corrected chi connectivity index (χ2v) is 15.8. The Labute approximate surface area is 365 Å². The fraction of sp³-hybridized carbons (Fsp3) is 0.0172. The number of nitriles is 2. The summed E-state index contributed by atoms with van der Waals surface area (Å²) >= 11 is 0. The van der Waals surface area contributed by atoms with E-state index in [1.54, 1.807) is 0 Å². The minimum Gasteiger partial charge on any atom is -0.208 e. The number of hydrogen-bond acceptors (Lipinski definition) is 5. The van der Waals surface area contributed by atoms with Gasteiger partial charge in [-0.3, -0.25) is 0 Å². The second-order valence-electron chi connectivity index (χ2n) is 15.8. The smallest absolute Gasteiger partial charge is 0.164 e. The van der Waals surface area contributed by atoms with Crippen LogP contribution in [0.3, 0.4) is 0 Å². The molecule has 5 nitrogen and oxygen atoms in total. The molecule has 1 aliphatic rings. The van der Waals surface area contributed by atoms with Gasteiger partial charge in [-0.25, -0.2) is 15.0 Å². The molecule has 11 rings (SSSR count). The van der Waals surface area contributed by atoms with Gasteiger partial charge in [0.1, 0.15) is 0 Å². The molecule has 0 amide bonds. The van der Waals surface area contributed by atoms with Crippen LogP contribution in [0, 0.1) is 22.7 Å². The van der Waals surface area contributed by atoms with Crippen LogP contribution < -0.4 is 0 Å². The largest absolute Gasteiger partial charge is 0.208 e. The SMILES string of the molecule is N#Cc1ccc(-c2cc(-c3ccc(C#N)cc3)cc(C3(c4ccccc4)c4ccccc4-c4c3cc(-c3nc(-c5ccccc5)nc(-c5ccccc5)n3)c3ccccc43)c2)cc1. The lowest BCUT2D eigenvalue weighted by molar-refractivity contribution is 0.770. The molecule has 1 atom stereocenters. The van der Waals surface area contributed by atoms with Gasteiger partial charge in [0.25, 0.3) is 0 Å². The fourth-order valence-electron chi connectivity index (χ4n) is 9.38. The standard InChI is InChI=1S/C58H35N5/c59-36-38-24-28-40(29-25-38)44-32-45(41-30-26-39(37-60)27-31-41)34-47(33-44)58(46-18-8-3-9-19-46)52-23-13-12-22-50(52)54-49-21-11-10-20-48(49)51(35-53(54)58)57-62-55(42-14-4-1-5-15-42)61-56(63-57)43-16-6-2-7-17-43/h1-35H. The molecular formula is C58H35N5. The van der Waals surface area contributed by atoms with Crippen molar-refractivity contribution in [1.82, 2.24) is 15.0 Å². The van der Waals surface area contributed by atoms with Crippen molar-refractivity contribution in [3.63, 3.8) is 0 Å². The molecule has 1 unspecified atom stereocenters. The summed E-state index contributed by atoms with van der Waals surface area (Å²) in [5.41, 5.74) is 13.9. The van der Waals surface area contributed by atoms with Gasteiger partial charge >= 0.3 is 0 Å². The van der Waals surface area contributed by atoms with Crippen LogP contribution in [0.2, 0.25) is 0 Å². The van der Waals surface area contributed by atoms with E-state index in [2.05, 4.69) is 115 Å². The third-order valence-corrected chi connectivity index (χ3v) is 12.3. The van der Waals surface area contributed by atoms with Crippen LogP contribution in [0.5, 0.6) is 0 Å². The summed E-state index contributed by atoms with van der Waals surface area (Å²) in [7, 11) is 0. The lowest BCUT2D eigenvalue weighted by Gasteiger charge is -2.35. The van der Waals surface area contributed by atoms with Gasteiger partial charge in [-0.05, 0) is 115 Å². The Kier molecular flexibility index (Phi) is 9.08. The highest BCUT2D eigenvalue weighted by Gasteiger charge is 2.47. The summed E-state index contributed by atoms with van der Waals surface area (Å²) in [6.45, 7) is 0. The molecule has 10 aromatic rings. The van der Waals surface area contributed by atoms with Crippen LogP contribution in [0.1, 0.15) is 33.4 Å². The quantitative estimate of drug-likeness (QED) is 0.160. The summed E-state index contributed by atoms with van der Waals surface area (Å²) in [4.78, 5) is 15.6. The van der Waals surface area contributed by atoms with Crippen molar-refractivity contribution < 1.29 is 0 Å². The van der Waals surface area contributed by atoms with E-state index >= 15 is 0 Å². The molecule has 1 aliphatic carbocycles. The zero-order valence-corrected chi connectivity index (χ0v) is 33.9. The molecule has 63 heavy (non-hydrogen) atoms. The number of fused-ring (bicyclic) bond motifs is 5. The van der Waals surface area contributed by atoms with Crippen molar-refractivity contribution in [3.8, 4) is 79.7 Å². The van der Waals surface area contributed by atoms with Crippen LogP contribution in [0.4, 0.5) is 0 Å². The normalized spacial score (nSPS) is 13.7. The number of nitrogens with zero attached hydrogens (tertiary/aromatic N) is 5. The maximum Gasteiger partial charge on any atom is 0.164 e. The lowest BCUT2D eigenvalue weighted by atomic mass is 9.66. The van der Waals surface area contributed by atoms with Crippen molar-refractivity contribution in [2.24, 2.45) is 0 Å². The highest BCUT2D eigenvalue weighted by molar-refractivity contribution is 6.09. The van der Waals surface area contributed by atoms with E-state index in [0.29, 0.717) is 28.6 Å². The molecule has 5 heteroatoms. The number of rotatable bonds is 7. The summed E-state index contributed by atoms with van der Waals surface area (Å²) in [5.74, 6) is 1.79. The Hall–Kier alpha value is -8.77. The summed E-state index contributed by atoms with van der Waals surface area (Å²) in [6, 6.07) is 77.7. The molecular weight excluding hydrogens is 767 g/mol. The average Bonchev–Trinajstić information content (AvgIpc) is 3.68. The van der Waals surface area contributed by atoms with E-state index in [0.717, 1.165) is 77.5 Å². The molecule has 1 heterocycles. The topological polar surface area (TPSA) is 86.2 Å². The number of benzene rings is 9. The molecule has 0 radical (unpaired) electrons. The Bertz CT molecular complexity index is 3310. The van der Waals surface area contributed by atoms with E-state index in [4.69, 9.17) is 15.0 Å². The van der Waals surface area contributed by atoms with Gasteiger partial charge in [0.05, 0.1) is 28.7 Å². The Balaban J connectivity index is 1.26. The third-order valence-electron chi connectivity index (χ3n) is 12.3. The van der Waals surface area contributed by atoms with Gasteiger partial charge in [0.2, 0.25) is 0 Å². The predicted molar refractivity (Wildman–Crippen MR) is 251 cm³/mol.